The molecule has 0 amide bonds. The number of nitrogens with one attached hydrogen (secondary N) is 1. The van der Waals surface area contributed by atoms with Crippen molar-refractivity contribution in [2.75, 3.05) is 19.3 Å². The summed E-state index contributed by atoms with van der Waals surface area (Å²) in [5, 5.41) is 1.86. The summed E-state index contributed by atoms with van der Waals surface area (Å²) in [6, 6.07) is 8.34. The fourth-order valence-corrected chi connectivity index (χ4v) is 5.48. The number of likely N-dealkylation sites (N-methyl/N-ethyl adjacent to an activating group) is 1. The Morgan fingerprint density at radius 3 is 2.88 bits per heavy atom. The number of rotatable bonds is 3. The minimum absolute atomic E-state index is 0.635. The van der Waals surface area contributed by atoms with Gasteiger partial charge in [0.25, 0.3) is 0 Å². The number of thioether (sulfide) groups is 1. The Kier molecular flexibility index (Phi) is 4.51. The molecule has 24 heavy (non-hydrogen) atoms. The van der Waals surface area contributed by atoms with Gasteiger partial charge >= 0.3 is 0 Å². The van der Waals surface area contributed by atoms with Crippen LogP contribution < -0.4 is 10.6 Å². The molecule has 0 aliphatic carbocycles. The van der Waals surface area contributed by atoms with Gasteiger partial charge in [0.2, 0.25) is 0 Å². The first-order chi connectivity index (χ1) is 11.6. The number of hydrogen-bond donors (Lipinski definition) is 2. The summed E-state index contributed by atoms with van der Waals surface area (Å²) in [7, 11) is 2.24. The predicted octanol–water partition coefficient (Wildman–Crippen LogP) is 2.90. The normalized spacial score (nSPS) is 17.2. The molecule has 1 aliphatic heterocycles. The van der Waals surface area contributed by atoms with Crippen molar-refractivity contribution in [1.82, 2.24) is 9.97 Å². The highest BCUT2D eigenvalue weighted by Crippen LogP contribution is 2.35. The molecule has 124 valence electrons. The largest absolute Gasteiger partial charge is 0.383 e. The lowest BCUT2D eigenvalue weighted by Gasteiger charge is -2.19. The van der Waals surface area contributed by atoms with E-state index in [1.807, 2.05) is 0 Å². The minimum Gasteiger partial charge on any atom is -0.383 e. The molecule has 2 aromatic heterocycles. The molecule has 0 spiro atoms. The Hall–Kier alpha value is -1.15. The highest BCUT2D eigenvalue weighted by molar-refractivity contribution is 9.10. The number of aromatic nitrogens is 2. The minimum atomic E-state index is 0.635. The molecule has 1 aromatic carbocycles. The van der Waals surface area contributed by atoms with Crippen molar-refractivity contribution in [3.63, 3.8) is 0 Å². The number of nitrogen functional groups attached to an aromatic ring is 1. The summed E-state index contributed by atoms with van der Waals surface area (Å²) in [5.74, 6) is 1.48. The molecule has 0 bridgehead atoms. The summed E-state index contributed by atoms with van der Waals surface area (Å²) < 4.78 is 1.09. The van der Waals surface area contributed by atoms with Crippen molar-refractivity contribution >= 4 is 55.1 Å². The molecule has 0 radical (unpaired) electrons. The number of thiophene rings is 1. The molecule has 1 aliphatic rings. The van der Waals surface area contributed by atoms with Gasteiger partial charge in [0.05, 0.1) is 23.9 Å². The second-order valence-electron chi connectivity index (χ2n) is 6.12. The molecule has 1 unspecified atom stereocenters. The lowest BCUT2D eigenvalue weighted by Crippen LogP contribution is -3.08. The van der Waals surface area contributed by atoms with Gasteiger partial charge in [-0.25, -0.2) is 9.97 Å². The van der Waals surface area contributed by atoms with E-state index in [2.05, 4.69) is 52.2 Å². The second kappa shape index (κ2) is 6.63. The number of halogens is 1. The van der Waals surface area contributed by atoms with E-state index >= 15 is 0 Å². The van der Waals surface area contributed by atoms with E-state index in [9.17, 15) is 0 Å². The highest BCUT2D eigenvalue weighted by Gasteiger charge is 2.24. The van der Waals surface area contributed by atoms with Gasteiger partial charge < -0.3 is 10.6 Å². The molecule has 3 N–H and O–H groups in total. The van der Waals surface area contributed by atoms with E-state index in [-0.39, 0.29) is 0 Å². The first kappa shape index (κ1) is 16.3. The maximum Gasteiger partial charge on any atom is 0.191 e. The van der Waals surface area contributed by atoms with Crippen LogP contribution in [0.4, 0.5) is 5.82 Å². The topological polar surface area (TPSA) is 56.2 Å². The third-order valence-electron chi connectivity index (χ3n) is 4.29. The zero-order chi connectivity index (χ0) is 16.7. The van der Waals surface area contributed by atoms with Crippen molar-refractivity contribution in [3.8, 4) is 0 Å². The van der Waals surface area contributed by atoms with Crippen LogP contribution in [0.15, 0.2) is 33.9 Å². The van der Waals surface area contributed by atoms with Crippen LogP contribution in [0.25, 0.3) is 10.2 Å². The second-order valence-corrected chi connectivity index (χ2v) is 9.07. The van der Waals surface area contributed by atoms with Crippen LogP contribution in [0.3, 0.4) is 0 Å². The Labute approximate surface area is 157 Å². The smallest absolute Gasteiger partial charge is 0.191 e. The summed E-state index contributed by atoms with van der Waals surface area (Å²) >= 11 is 6.88. The van der Waals surface area contributed by atoms with Crippen LogP contribution >= 0.6 is 39.0 Å². The summed E-state index contributed by atoms with van der Waals surface area (Å²) in [6.07, 6.45) is 1.07. The number of benzene rings is 1. The Morgan fingerprint density at radius 2 is 2.08 bits per heavy atom. The molecule has 3 heterocycles. The first-order valence-corrected chi connectivity index (χ1v) is 10.5. The maximum absolute atomic E-state index is 6.28. The van der Waals surface area contributed by atoms with Crippen molar-refractivity contribution in [3.05, 3.63) is 44.7 Å². The highest BCUT2D eigenvalue weighted by atomic mass is 79.9. The fraction of sp³-hybridized carbons (Fsp3) is 0.294. The Morgan fingerprint density at radius 1 is 1.29 bits per heavy atom. The SMILES string of the molecule is C[NH+]1CCc2c(sc3nc(SCc4ccc(Br)cc4)nc(N)c23)C1. The van der Waals surface area contributed by atoms with Gasteiger partial charge in [-0.1, -0.05) is 39.8 Å². The molecule has 0 saturated heterocycles. The van der Waals surface area contributed by atoms with Gasteiger partial charge in [-0.15, -0.1) is 11.3 Å². The lowest BCUT2D eigenvalue weighted by atomic mass is 10.1. The van der Waals surface area contributed by atoms with Crippen LogP contribution in [0.2, 0.25) is 0 Å². The molecular formula is C17H18BrN4S2+. The number of anilines is 1. The number of hydrogen-bond acceptors (Lipinski definition) is 5. The molecule has 3 aromatic rings. The van der Waals surface area contributed by atoms with Crippen molar-refractivity contribution in [2.24, 2.45) is 0 Å². The Balaban J connectivity index is 1.62. The molecule has 4 nitrogen and oxygen atoms in total. The third kappa shape index (κ3) is 3.18. The van der Waals surface area contributed by atoms with Gasteiger partial charge in [-0.05, 0) is 23.3 Å². The maximum atomic E-state index is 6.28. The van der Waals surface area contributed by atoms with Crippen LogP contribution in [-0.2, 0) is 18.7 Å². The van der Waals surface area contributed by atoms with Gasteiger partial charge in [0, 0.05) is 16.6 Å². The van der Waals surface area contributed by atoms with Gasteiger partial charge in [0.15, 0.2) is 5.16 Å². The van der Waals surface area contributed by atoms with Crippen molar-refractivity contribution in [1.29, 1.82) is 0 Å². The number of nitrogens with zero attached hydrogens (tertiary/aromatic N) is 2. The molecule has 0 saturated carbocycles. The van der Waals surface area contributed by atoms with E-state index in [4.69, 9.17) is 10.7 Å². The monoisotopic (exact) mass is 421 g/mol. The van der Waals surface area contributed by atoms with E-state index < -0.39 is 0 Å². The molecule has 1 atom stereocenters. The number of fused-ring (bicyclic) bond motifs is 3. The van der Waals surface area contributed by atoms with Gasteiger partial charge in [0.1, 0.15) is 17.2 Å². The fourth-order valence-electron chi connectivity index (χ4n) is 3.01. The summed E-state index contributed by atoms with van der Waals surface area (Å²) in [4.78, 5) is 13.3. The zero-order valence-corrected chi connectivity index (χ0v) is 16.5. The third-order valence-corrected chi connectivity index (χ3v) is 6.86. The van der Waals surface area contributed by atoms with Crippen molar-refractivity contribution in [2.45, 2.75) is 23.9 Å². The van der Waals surface area contributed by atoms with E-state index in [0.717, 1.165) is 45.1 Å². The quantitative estimate of drug-likeness (QED) is 0.504. The van der Waals surface area contributed by atoms with Crippen LogP contribution in [0.5, 0.6) is 0 Å². The zero-order valence-electron chi connectivity index (χ0n) is 13.3. The molecule has 0 fully saturated rings. The molecular weight excluding hydrogens is 404 g/mol. The standard InChI is InChI=1S/C17H17BrN4S2/c1-22-7-6-12-13(8-22)24-16-14(12)15(19)20-17(21-16)23-9-10-2-4-11(18)5-3-10/h2-5H,6-9H2,1H3,(H2,19,20,21)/p+1. The van der Waals surface area contributed by atoms with Crippen LogP contribution in [0.1, 0.15) is 16.0 Å². The van der Waals surface area contributed by atoms with E-state index in [0.29, 0.717) is 5.82 Å². The van der Waals surface area contributed by atoms with Crippen LogP contribution in [-0.4, -0.2) is 23.6 Å². The summed E-state index contributed by atoms with van der Waals surface area (Å²) in [6.45, 7) is 2.22. The summed E-state index contributed by atoms with van der Waals surface area (Å²) in [5.41, 5.74) is 8.91. The predicted molar refractivity (Wildman–Crippen MR) is 105 cm³/mol. The lowest BCUT2D eigenvalue weighted by molar-refractivity contribution is -0.895. The Bertz CT molecular complexity index is 892. The average Bonchev–Trinajstić information content (AvgIpc) is 2.92. The first-order valence-electron chi connectivity index (χ1n) is 7.86. The van der Waals surface area contributed by atoms with Crippen molar-refractivity contribution < 1.29 is 4.90 Å². The average molecular weight is 422 g/mol. The molecule has 7 heteroatoms. The van der Waals surface area contributed by atoms with E-state index in [1.54, 1.807) is 28.0 Å². The van der Waals surface area contributed by atoms with Gasteiger partial charge in [-0.3, -0.25) is 0 Å². The molecule has 4 rings (SSSR count). The number of quaternary nitrogens is 1. The van der Waals surface area contributed by atoms with Gasteiger partial charge in [-0.2, -0.15) is 0 Å². The van der Waals surface area contributed by atoms with E-state index in [1.165, 1.54) is 16.0 Å². The van der Waals surface area contributed by atoms with Crippen LogP contribution in [0, 0.1) is 0 Å². The number of nitrogens with two attached hydrogens (primary N) is 1.